The number of carbonyl (C=O) groups is 1. The Labute approximate surface area is 116 Å². The lowest BCUT2D eigenvalue weighted by Gasteiger charge is -2.25. The van der Waals surface area contributed by atoms with Gasteiger partial charge in [0.2, 0.25) is 0 Å². The van der Waals surface area contributed by atoms with Crippen molar-refractivity contribution >= 4 is 5.97 Å². The van der Waals surface area contributed by atoms with Gasteiger partial charge >= 0.3 is 5.97 Å². The van der Waals surface area contributed by atoms with Gasteiger partial charge in [-0.2, -0.15) is 0 Å². The van der Waals surface area contributed by atoms with Gasteiger partial charge in [-0.3, -0.25) is 0 Å². The van der Waals surface area contributed by atoms with Crippen LogP contribution in [0.3, 0.4) is 0 Å². The molecule has 1 saturated heterocycles. The van der Waals surface area contributed by atoms with Gasteiger partial charge in [-0.15, -0.1) is 0 Å². The van der Waals surface area contributed by atoms with Crippen molar-refractivity contribution in [2.75, 3.05) is 0 Å². The first-order valence-corrected chi connectivity index (χ1v) is 6.52. The van der Waals surface area contributed by atoms with Crippen LogP contribution in [0.25, 0.3) is 0 Å². The largest absolute Gasteiger partial charge is 0.479 e. The minimum Gasteiger partial charge on any atom is -0.479 e. The van der Waals surface area contributed by atoms with E-state index in [0.717, 1.165) is 6.07 Å². The highest BCUT2D eigenvalue weighted by Gasteiger charge is 2.51. The van der Waals surface area contributed by atoms with Crippen LogP contribution in [0, 0.1) is 24.5 Å². The third-order valence-corrected chi connectivity index (χ3v) is 4.38. The number of halogens is 2. The maximum atomic E-state index is 13.7. The normalized spacial score (nSPS) is 28.6. The van der Waals surface area contributed by atoms with Gasteiger partial charge in [0.05, 0.1) is 5.60 Å². The van der Waals surface area contributed by atoms with Crippen LogP contribution >= 0.6 is 0 Å². The molecule has 0 amide bonds. The fraction of sp³-hybridized carbons (Fsp3) is 0.533. The van der Waals surface area contributed by atoms with Crippen LogP contribution in [0.5, 0.6) is 0 Å². The molecule has 0 unspecified atom stereocenters. The van der Waals surface area contributed by atoms with Crippen molar-refractivity contribution in [1.82, 2.24) is 0 Å². The first kappa shape index (κ1) is 14.9. The highest BCUT2D eigenvalue weighted by atomic mass is 19.2. The minimum atomic E-state index is -1.09. The molecule has 20 heavy (non-hydrogen) atoms. The molecule has 5 heteroatoms. The standard InChI is InChI=1S/C15H18F2O3/c1-7-9(5-6-10(16)12(7)17)11-8(2)15(3,4)20-13(11)14(18)19/h5-6,8,11,13H,1-4H3,(H,18,19)/t8-,11-,13+/m0/s1. The van der Waals surface area contributed by atoms with E-state index in [1.54, 1.807) is 0 Å². The molecule has 2 rings (SSSR count). The molecule has 1 aliphatic heterocycles. The number of ether oxygens (including phenoxy) is 1. The molecule has 0 bridgehead atoms. The van der Waals surface area contributed by atoms with Crippen LogP contribution in [0.1, 0.15) is 37.8 Å². The fourth-order valence-electron chi connectivity index (χ4n) is 2.87. The van der Waals surface area contributed by atoms with Crippen LogP contribution in [-0.2, 0) is 9.53 Å². The summed E-state index contributed by atoms with van der Waals surface area (Å²) in [7, 11) is 0. The zero-order valence-electron chi connectivity index (χ0n) is 11.9. The van der Waals surface area contributed by atoms with E-state index in [9.17, 15) is 18.7 Å². The van der Waals surface area contributed by atoms with Crippen molar-refractivity contribution in [3.63, 3.8) is 0 Å². The Morgan fingerprint density at radius 1 is 1.35 bits per heavy atom. The molecule has 0 saturated carbocycles. The minimum absolute atomic E-state index is 0.132. The van der Waals surface area contributed by atoms with E-state index >= 15 is 0 Å². The lowest BCUT2D eigenvalue weighted by Crippen LogP contribution is -2.27. The Kier molecular flexibility index (Phi) is 3.58. The highest BCUT2D eigenvalue weighted by molar-refractivity contribution is 5.74. The molecule has 110 valence electrons. The topological polar surface area (TPSA) is 46.5 Å². The van der Waals surface area contributed by atoms with Crippen molar-refractivity contribution in [3.05, 3.63) is 34.9 Å². The summed E-state index contributed by atoms with van der Waals surface area (Å²) in [4.78, 5) is 11.4. The van der Waals surface area contributed by atoms with Crippen molar-refractivity contribution in [2.24, 2.45) is 5.92 Å². The Morgan fingerprint density at radius 3 is 2.50 bits per heavy atom. The van der Waals surface area contributed by atoms with Crippen LogP contribution < -0.4 is 0 Å². The first-order valence-electron chi connectivity index (χ1n) is 6.52. The molecule has 1 N–H and O–H groups in total. The van der Waals surface area contributed by atoms with E-state index in [1.165, 1.54) is 13.0 Å². The Balaban J connectivity index is 2.54. The third kappa shape index (κ3) is 2.20. The predicted octanol–water partition coefficient (Wildman–Crippen LogP) is 3.25. The summed E-state index contributed by atoms with van der Waals surface area (Å²) < 4.78 is 32.6. The molecule has 3 nitrogen and oxygen atoms in total. The Morgan fingerprint density at radius 2 is 1.95 bits per heavy atom. The molecule has 0 spiro atoms. The molecule has 1 fully saturated rings. The fourth-order valence-corrected chi connectivity index (χ4v) is 2.87. The van der Waals surface area contributed by atoms with Gasteiger partial charge in [0.1, 0.15) is 0 Å². The molecule has 3 atom stereocenters. The van der Waals surface area contributed by atoms with E-state index in [0.29, 0.717) is 5.56 Å². The monoisotopic (exact) mass is 284 g/mol. The summed E-state index contributed by atoms with van der Waals surface area (Å²) in [5.41, 5.74) is 0.00848. The van der Waals surface area contributed by atoms with Gasteiger partial charge in [0.25, 0.3) is 0 Å². The summed E-state index contributed by atoms with van der Waals surface area (Å²) >= 11 is 0. The lowest BCUT2D eigenvalue weighted by atomic mass is 9.77. The quantitative estimate of drug-likeness (QED) is 0.906. The van der Waals surface area contributed by atoms with E-state index in [2.05, 4.69) is 0 Å². The number of rotatable bonds is 2. The second kappa shape index (κ2) is 4.81. The van der Waals surface area contributed by atoms with E-state index in [-0.39, 0.29) is 11.5 Å². The number of benzene rings is 1. The molecule has 1 aromatic carbocycles. The van der Waals surface area contributed by atoms with Crippen LogP contribution in [0.15, 0.2) is 12.1 Å². The van der Waals surface area contributed by atoms with Gasteiger partial charge < -0.3 is 9.84 Å². The molecular weight excluding hydrogens is 266 g/mol. The molecule has 0 radical (unpaired) electrons. The van der Waals surface area contributed by atoms with Gasteiger partial charge in [-0.05, 0) is 43.9 Å². The van der Waals surface area contributed by atoms with Crippen molar-refractivity contribution in [3.8, 4) is 0 Å². The van der Waals surface area contributed by atoms with Crippen LogP contribution in [-0.4, -0.2) is 22.8 Å². The van der Waals surface area contributed by atoms with E-state index < -0.39 is 35.2 Å². The molecular formula is C15H18F2O3. The second-order valence-corrected chi connectivity index (χ2v) is 5.87. The maximum absolute atomic E-state index is 13.7. The SMILES string of the molecule is Cc1c([C@H]2[C@H](C(=O)O)OC(C)(C)[C@H]2C)ccc(F)c1F. The maximum Gasteiger partial charge on any atom is 0.333 e. The van der Waals surface area contributed by atoms with E-state index in [1.807, 2.05) is 20.8 Å². The molecule has 1 aromatic rings. The zero-order valence-corrected chi connectivity index (χ0v) is 11.9. The number of aliphatic carboxylic acids is 1. The van der Waals surface area contributed by atoms with Gasteiger partial charge in [-0.25, -0.2) is 13.6 Å². The number of carboxylic acids is 1. The first-order chi connectivity index (χ1) is 9.16. The average molecular weight is 284 g/mol. The van der Waals surface area contributed by atoms with E-state index in [4.69, 9.17) is 4.74 Å². The summed E-state index contributed by atoms with van der Waals surface area (Å²) in [6.45, 7) is 6.95. The Bertz CT molecular complexity index is 554. The van der Waals surface area contributed by atoms with Gasteiger partial charge in [-0.1, -0.05) is 13.0 Å². The lowest BCUT2D eigenvalue weighted by molar-refractivity contribution is -0.153. The van der Waals surface area contributed by atoms with Crippen molar-refractivity contribution < 1.29 is 23.4 Å². The van der Waals surface area contributed by atoms with Crippen molar-refractivity contribution in [1.29, 1.82) is 0 Å². The Hall–Kier alpha value is -1.49. The number of hydrogen-bond donors (Lipinski definition) is 1. The molecule has 0 aromatic heterocycles. The van der Waals surface area contributed by atoms with Gasteiger partial charge in [0, 0.05) is 5.92 Å². The van der Waals surface area contributed by atoms with Gasteiger partial charge in [0.15, 0.2) is 17.7 Å². The van der Waals surface area contributed by atoms with Crippen LogP contribution in [0.2, 0.25) is 0 Å². The molecule has 1 aliphatic rings. The molecule has 0 aliphatic carbocycles. The summed E-state index contributed by atoms with van der Waals surface area (Å²) in [5, 5.41) is 9.32. The smallest absolute Gasteiger partial charge is 0.333 e. The summed E-state index contributed by atoms with van der Waals surface area (Å²) in [5.74, 6) is -3.58. The highest BCUT2D eigenvalue weighted by Crippen LogP contribution is 2.47. The van der Waals surface area contributed by atoms with Crippen LogP contribution in [0.4, 0.5) is 8.78 Å². The summed E-state index contributed by atoms with van der Waals surface area (Å²) in [6.07, 6.45) is -1.05. The summed E-state index contributed by atoms with van der Waals surface area (Å²) in [6, 6.07) is 2.49. The zero-order chi connectivity index (χ0) is 15.2. The molecule has 1 heterocycles. The van der Waals surface area contributed by atoms with Crippen molar-refractivity contribution in [2.45, 2.75) is 45.3 Å². The second-order valence-electron chi connectivity index (χ2n) is 5.87. The average Bonchev–Trinajstić information content (AvgIpc) is 2.59. The third-order valence-electron chi connectivity index (χ3n) is 4.38. The number of carboxylic acid groups (broad SMARTS) is 1. The predicted molar refractivity (Wildman–Crippen MR) is 69.6 cm³/mol. The number of hydrogen-bond acceptors (Lipinski definition) is 2.